The summed E-state index contributed by atoms with van der Waals surface area (Å²) in [4.78, 5) is 11.3. The van der Waals surface area contributed by atoms with E-state index in [0.29, 0.717) is 5.56 Å². The molecule has 1 aliphatic carbocycles. The first-order valence-electron chi connectivity index (χ1n) is 5.35. The second-order valence-corrected chi connectivity index (χ2v) is 4.14. The van der Waals surface area contributed by atoms with Gasteiger partial charge in [0.2, 0.25) is 0 Å². The van der Waals surface area contributed by atoms with Gasteiger partial charge in [0.1, 0.15) is 6.67 Å². The zero-order valence-electron chi connectivity index (χ0n) is 9.16. The van der Waals surface area contributed by atoms with E-state index in [1.54, 1.807) is 24.3 Å². The summed E-state index contributed by atoms with van der Waals surface area (Å²) < 4.78 is 12.4. The van der Waals surface area contributed by atoms with Crippen LogP contribution in [0.3, 0.4) is 0 Å². The van der Waals surface area contributed by atoms with Crippen LogP contribution in [0.4, 0.5) is 10.1 Å². The van der Waals surface area contributed by atoms with Crippen molar-refractivity contribution in [3.63, 3.8) is 0 Å². The van der Waals surface area contributed by atoms with E-state index in [9.17, 15) is 9.18 Å². The maximum Gasteiger partial charge on any atom is 0.160 e. The third-order valence-electron chi connectivity index (χ3n) is 2.71. The van der Waals surface area contributed by atoms with Crippen LogP contribution in [0.2, 0.25) is 0 Å². The maximum absolute atomic E-state index is 12.4. The predicted molar refractivity (Wildman–Crippen MR) is 61.7 cm³/mol. The molecule has 16 heavy (non-hydrogen) atoms. The van der Waals surface area contributed by atoms with Gasteiger partial charge in [-0.1, -0.05) is 19.1 Å². The Kier molecular flexibility index (Phi) is 3.04. The minimum atomic E-state index is -0.468. The zero-order valence-corrected chi connectivity index (χ0v) is 9.16. The molecule has 1 N–H and O–H groups in total. The summed E-state index contributed by atoms with van der Waals surface area (Å²) in [6.45, 7) is 1.44. The first kappa shape index (κ1) is 10.9. The van der Waals surface area contributed by atoms with Crippen LogP contribution < -0.4 is 5.32 Å². The molecule has 1 atom stereocenters. The number of carbonyl (C=O) groups is 1. The zero-order chi connectivity index (χ0) is 11.5. The number of rotatable bonds is 3. The van der Waals surface area contributed by atoms with Crippen molar-refractivity contribution < 1.29 is 9.18 Å². The van der Waals surface area contributed by atoms with E-state index >= 15 is 0 Å². The summed E-state index contributed by atoms with van der Waals surface area (Å²) in [5.41, 5.74) is 2.39. The van der Waals surface area contributed by atoms with Crippen LogP contribution in [0.5, 0.6) is 0 Å². The number of ketones is 1. The lowest BCUT2D eigenvalue weighted by atomic mass is 10.1. The summed E-state index contributed by atoms with van der Waals surface area (Å²) in [6.07, 6.45) is 2.37. The third kappa shape index (κ3) is 2.30. The highest BCUT2D eigenvalue weighted by Crippen LogP contribution is 2.23. The Morgan fingerprint density at radius 2 is 2.31 bits per heavy atom. The van der Waals surface area contributed by atoms with E-state index < -0.39 is 6.67 Å². The Labute approximate surface area is 94.2 Å². The summed E-state index contributed by atoms with van der Waals surface area (Å²) in [6, 6.07) is 7.17. The normalized spacial score (nSPS) is 19.8. The second kappa shape index (κ2) is 4.47. The van der Waals surface area contributed by atoms with Crippen molar-refractivity contribution in [3.8, 4) is 0 Å². The number of carbonyl (C=O) groups excluding carboxylic acids is 1. The van der Waals surface area contributed by atoms with E-state index in [0.717, 1.165) is 17.8 Å². The lowest BCUT2D eigenvalue weighted by Gasteiger charge is -2.08. The number of benzene rings is 1. The Balaban J connectivity index is 2.10. The van der Waals surface area contributed by atoms with E-state index in [1.807, 2.05) is 13.0 Å². The fourth-order valence-electron chi connectivity index (χ4n) is 1.81. The molecule has 3 heteroatoms. The first-order valence-corrected chi connectivity index (χ1v) is 5.35. The molecule has 1 aromatic rings. The van der Waals surface area contributed by atoms with Gasteiger partial charge < -0.3 is 5.32 Å². The smallest absolute Gasteiger partial charge is 0.160 e. The molecule has 2 nitrogen and oxygen atoms in total. The summed E-state index contributed by atoms with van der Waals surface area (Å²) in [7, 11) is 0. The molecule has 0 saturated heterocycles. The van der Waals surface area contributed by atoms with Crippen LogP contribution in [0.25, 0.3) is 0 Å². The fraction of sp³-hybridized carbons (Fsp3) is 0.308. The van der Waals surface area contributed by atoms with Crippen molar-refractivity contribution in [2.75, 3.05) is 5.32 Å². The number of allylic oxidation sites excluding steroid dienone is 2. The molecular formula is C13H14FNO. The van der Waals surface area contributed by atoms with E-state index in [2.05, 4.69) is 5.32 Å². The summed E-state index contributed by atoms with van der Waals surface area (Å²) in [5, 5.41) is 3.15. The lowest BCUT2D eigenvalue weighted by molar-refractivity contribution is -0.116. The molecule has 0 radical (unpaired) electrons. The molecule has 0 saturated carbocycles. The lowest BCUT2D eigenvalue weighted by Crippen LogP contribution is -2.01. The molecule has 2 rings (SSSR count). The molecule has 0 aliphatic heterocycles. The Hall–Kier alpha value is -1.64. The van der Waals surface area contributed by atoms with Crippen molar-refractivity contribution in [2.24, 2.45) is 5.92 Å². The largest absolute Gasteiger partial charge is 0.359 e. The Morgan fingerprint density at radius 1 is 1.50 bits per heavy atom. The first-order chi connectivity index (χ1) is 7.69. The van der Waals surface area contributed by atoms with Gasteiger partial charge in [0.25, 0.3) is 0 Å². The molecule has 0 spiro atoms. The summed E-state index contributed by atoms with van der Waals surface area (Å²) >= 11 is 0. The van der Waals surface area contributed by atoms with E-state index in [-0.39, 0.29) is 11.7 Å². The van der Waals surface area contributed by atoms with Gasteiger partial charge in [-0.05, 0) is 24.1 Å². The van der Waals surface area contributed by atoms with Gasteiger partial charge >= 0.3 is 0 Å². The molecule has 0 amide bonds. The van der Waals surface area contributed by atoms with Crippen molar-refractivity contribution in [1.82, 2.24) is 0 Å². The van der Waals surface area contributed by atoms with Gasteiger partial charge in [-0.15, -0.1) is 0 Å². The molecule has 0 aromatic heterocycles. The molecule has 1 aliphatic rings. The SMILES string of the molecule is CC1CC(Nc2cccc(CF)c2)=CC1=O. The van der Waals surface area contributed by atoms with Crippen molar-refractivity contribution >= 4 is 11.5 Å². The summed E-state index contributed by atoms with van der Waals surface area (Å²) in [5.74, 6) is 0.219. The van der Waals surface area contributed by atoms with Crippen LogP contribution in [-0.2, 0) is 11.5 Å². The molecule has 84 valence electrons. The number of anilines is 1. The average molecular weight is 219 g/mol. The highest BCUT2D eigenvalue weighted by Gasteiger charge is 2.20. The monoisotopic (exact) mass is 219 g/mol. The van der Waals surface area contributed by atoms with E-state index in [4.69, 9.17) is 0 Å². The number of hydrogen-bond acceptors (Lipinski definition) is 2. The highest BCUT2D eigenvalue weighted by molar-refractivity contribution is 5.95. The molecule has 0 fully saturated rings. The number of nitrogens with one attached hydrogen (secondary N) is 1. The van der Waals surface area contributed by atoms with Crippen LogP contribution in [0.15, 0.2) is 36.0 Å². The highest BCUT2D eigenvalue weighted by atomic mass is 19.1. The molecular weight excluding hydrogens is 205 g/mol. The van der Waals surface area contributed by atoms with Crippen molar-refractivity contribution in [2.45, 2.75) is 20.0 Å². The van der Waals surface area contributed by atoms with Crippen LogP contribution in [-0.4, -0.2) is 5.78 Å². The molecule has 0 heterocycles. The van der Waals surface area contributed by atoms with Gasteiger partial charge in [-0.2, -0.15) is 0 Å². The standard InChI is InChI=1S/C13H14FNO/c1-9-5-12(7-13(9)16)15-11-4-2-3-10(6-11)8-14/h2-4,6-7,9,15H,5,8H2,1H3. The number of alkyl halides is 1. The third-order valence-corrected chi connectivity index (χ3v) is 2.71. The predicted octanol–water partition coefficient (Wildman–Crippen LogP) is 3.06. The fourth-order valence-corrected chi connectivity index (χ4v) is 1.81. The molecule has 1 unspecified atom stereocenters. The number of halogens is 1. The quantitative estimate of drug-likeness (QED) is 0.846. The van der Waals surface area contributed by atoms with Crippen LogP contribution in [0.1, 0.15) is 18.9 Å². The van der Waals surface area contributed by atoms with Crippen molar-refractivity contribution in [3.05, 3.63) is 41.6 Å². The number of hydrogen-bond donors (Lipinski definition) is 1. The Morgan fingerprint density at radius 3 is 2.94 bits per heavy atom. The van der Waals surface area contributed by atoms with Gasteiger partial charge in [0.05, 0.1) is 0 Å². The van der Waals surface area contributed by atoms with Crippen molar-refractivity contribution in [1.29, 1.82) is 0 Å². The Bertz CT molecular complexity index is 439. The van der Waals surface area contributed by atoms with Crippen LogP contribution in [0, 0.1) is 5.92 Å². The van der Waals surface area contributed by atoms with Gasteiger partial charge in [0.15, 0.2) is 5.78 Å². The average Bonchev–Trinajstić information content (AvgIpc) is 2.58. The minimum Gasteiger partial charge on any atom is -0.359 e. The van der Waals surface area contributed by atoms with Crippen LogP contribution >= 0.6 is 0 Å². The van der Waals surface area contributed by atoms with E-state index in [1.165, 1.54) is 0 Å². The molecule has 0 bridgehead atoms. The maximum atomic E-state index is 12.4. The topological polar surface area (TPSA) is 29.1 Å². The van der Waals surface area contributed by atoms with Gasteiger partial charge in [-0.3, -0.25) is 4.79 Å². The second-order valence-electron chi connectivity index (χ2n) is 4.14. The van der Waals surface area contributed by atoms with Gasteiger partial charge in [0, 0.05) is 23.4 Å². The molecule has 1 aromatic carbocycles. The van der Waals surface area contributed by atoms with Gasteiger partial charge in [-0.25, -0.2) is 4.39 Å². The minimum absolute atomic E-state index is 0.0619.